The van der Waals surface area contributed by atoms with Gasteiger partial charge in [-0.2, -0.15) is 5.26 Å². The van der Waals surface area contributed by atoms with Crippen molar-refractivity contribution in [3.8, 4) is 11.9 Å². The molecule has 0 atom stereocenters. The van der Waals surface area contributed by atoms with Gasteiger partial charge in [0.2, 0.25) is 5.88 Å². The van der Waals surface area contributed by atoms with Crippen LogP contribution in [0.25, 0.3) is 0 Å². The maximum Gasteiger partial charge on any atom is 0.212 e. The third kappa shape index (κ3) is 3.10. The SMILES string of the molecule is COc1ccc(CNc2ncc(N)cc2C#N)cn1. The molecule has 2 heterocycles. The molecule has 0 spiro atoms. The van der Waals surface area contributed by atoms with Gasteiger partial charge in [-0.05, 0) is 11.6 Å². The van der Waals surface area contributed by atoms with Crippen LogP contribution < -0.4 is 15.8 Å². The molecule has 19 heavy (non-hydrogen) atoms. The predicted molar refractivity (Wildman–Crippen MR) is 71.5 cm³/mol. The highest BCUT2D eigenvalue weighted by Crippen LogP contribution is 2.15. The van der Waals surface area contributed by atoms with Gasteiger partial charge in [0.1, 0.15) is 11.9 Å². The molecule has 3 N–H and O–H groups in total. The Morgan fingerprint density at radius 3 is 2.84 bits per heavy atom. The molecule has 2 rings (SSSR count). The van der Waals surface area contributed by atoms with Gasteiger partial charge < -0.3 is 15.8 Å². The fourth-order valence-electron chi connectivity index (χ4n) is 1.53. The second-order valence-electron chi connectivity index (χ2n) is 3.84. The van der Waals surface area contributed by atoms with Crippen molar-refractivity contribution in [1.82, 2.24) is 9.97 Å². The second kappa shape index (κ2) is 5.69. The van der Waals surface area contributed by atoms with E-state index in [9.17, 15) is 0 Å². The third-order valence-corrected chi connectivity index (χ3v) is 2.50. The monoisotopic (exact) mass is 255 g/mol. The Labute approximate surface area is 110 Å². The Morgan fingerprint density at radius 2 is 2.21 bits per heavy atom. The molecule has 0 fully saturated rings. The van der Waals surface area contributed by atoms with Crippen LogP contribution in [0.2, 0.25) is 0 Å². The number of nitrogens with two attached hydrogens (primary N) is 1. The summed E-state index contributed by atoms with van der Waals surface area (Å²) in [4.78, 5) is 8.19. The zero-order valence-corrected chi connectivity index (χ0v) is 10.4. The lowest BCUT2D eigenvalue weighted by Gasteiger charge is -2.08. The number of methoxy groups -OCH3 is 1. The van der Waals surface area contributed by atoms with Gasteiger partial charge >= 0.3 is 0 Å². The largest absolute Gasteiger partial charge is 0.481 e. The van der Waals surface area contributed by atoms with Crippen LogP contribution in [0.3, 0.4) is 0 Å². The first-order chi connectivity index (χ1) is 9.22. The number of aromatic nitrogens is 2. The zero-order valence-electron chi connectivity index (χ0n) is 10.4. The van der Waals surface area contributed by atoms with E-state index in [1.807, 2.05) is 6.07 Å². The van der Waals surface area contributed by atoms with Crippen LogP contribution in [-0.2, 0) is 6.54 Å². The molecule has 0 aromatic carbocycles. The number of ether oxygens (including phenoxy) is 1. The van der Waals surface area contributed by atoms with Crippen LogP contribution in [0.1, 0.15) is 11.1 Å². The molecule has 0 saturated carbocycles. The molecule has 0 aliphatic rings. The first-order valence-electron chi connectivity index (χ1n) is 5.61. The molecular formula is C13H13N5O. The van der Waals surface area contributed by atoms with E-state index >= 15 is 0 Å². The van der Waals surface area contributed by atoms with Crippen molar-refractivity contribution in [2.75, 3.05) is 18.2 Å². The van der Waals surface area contributed by atoms with Crippen LogP contribution in [0.4, 0.5) is 11.5 Å². The molecule has 0 aliphatic carbocycles. The fourth-order valence-corrected chi connectivity index (χ4v) is 1.53. The molecular weight excluding hydrogens is 242 g/mol. The maximum atomic E-state index is 8.99. The normalized spacial score (nSPS) is 9.68. The van der Waals surface area contributed by atoms with Gasteiger partial charge in [0, 0.05) is 18.8 Å². The van der Waals surface area contributed by atoms with Gasteiger partial charge in [0.05, 0.1) is 24.6 Å². The number of hydrogen-bond acceptors (Lipinski definition) is 6. The number of nitrogen functional groups attached to an aromatic ring is 1. The molecule has 0 aliphatic heterocycles. The third-order valence-electron chi connectivity index (χ3n) is 2.50. The minimum Gasteiger partial charge on any atom is -0.481 e. The Balaban J connectivity index is 2.08. The highest BCUT2D eigenvalue weighted by atomic mass is 16.5. The van der Waals surface area contributed by atoms with E-state index in [-0.39, 0.29) is 0 Å². The highest BCUT2D eigenvalue weighted by Gasteiger charge is 2.04. The molecule has 6 nitrogen and oxygen atoms in total. The van der Waals surface area contributed by atoms with Gasteiger partial charge in [0.15, 0.2) is 0 Å². The van der Waals surface area contributed by atoms with Crippen LogP contribution in [-0.4, -0.2) is 17.1 Å². The van der Waals surface area contributed by atoms with E-state index in [1.54, 1.807) is 25.4 Å². The van der Waals surface area contributed by atoms with Gasteiger partial charge in [-0.3, -0.25) is 0 Å². The molecule has 2 aromatic rings. The number of rotatable bonds is 4. The first-order valence-corrected chi connectivity index (χ1v) is 5.61. The predicted octanol–water partition coefficient (Wildman–Crippen LogP) is 1.55. The molecule has 96 valence electrons. The van der Waals surface area contributed by atoms with E-state index in [1.165, 1.54) is 6.20 Å². The Bertz CT molecular complexity index is 603. The lowest BCUT2D eigenvalue weighted by atomic mass is 10.2. The van der Waals surface area contributed by atoms with Gasteiger partial charge in [-0.1, -0.05) is 6.07 Å². The molecule has 6 heteroatoms. The number of pyridine rings is 2. The smallest absolute Gasteiger partial charge is 0.212 e. The number of nitrogens with one attached hydrogen (secondary N) is 1. The van der Waals surface area contributed by atoms with Crippen molar-refractivity contribution in [3.63, 3.8) is 0 Å². The minimum atomic E-state index is 0.418. The molecule has 0 amide bonds. The topological polar surface area (TPSA) is 96.9 Å². The van der Waals surface area contributed by atoms with Crippen molar-refractivity contribution in [1.29, 1.82) is 5.26 Å². The summed E-state index contributed by atoms with van der Waals surface area (Å²) in [6, 6.07) is 7.30. The van der Waals surface area contributed by atoms with Gasteiger partial charge in [0.25, 0.3) is 0 Å². The number of nitrogens with zero attached hydrogens (tertiary/aromatic N) is 3. The second-order valence-corrected chi connectivity index (χ2v) is 3.84. The number of hydrogen-bond donors (Lipinski definition) is 2. The van der Waals surface area contributed by atoms with E-state index in [0.29, 0.717) is 29.5 Å². The summed E-state index contributed by atoms with van der Waals surface area (Å²) in [5.41, 5.74) is 7.42. The van der Waals surface area contributed by atoms with Gasteiger partial charge in [-0.15, -0.1) is 0 Å². The Hall–Kier alpha value is -2.81. The quantitative estimate of drug-likeness (QED) is 0.860. The standard InChI is InChI=1S/C13H13N5O/c1-19-12-3-2-9(6-16-12)7-17-13-10(5-14)4-11(15)8-18-13/h2-4,6,8H,7,15H2,1H3,(H,17,18). The Kier molecular flexibility index (Phi) is 3.78. The summed E-state index contributed by atoms with van der Waals surface area (Å²) in [6.45, 7) is 0.516. The molecule has 0 saturated heterocycles. The summed E-state index contributed by atoms with van der Waals surface area (Å²) in [6.07, 6.45) is 3.21. The van der Waals surface area contributed by atoms with Crippen molar-refractivity contribution in [2.24, 2.45) is 0 Å². The van der Waals surface area contributed by atoms with Crippen LogP contribution in [0.5, 0.6) is 5.88 Å². The van der Waals surface area contributed by atoms with Gasteiger partial charge in [-0.25, -0.2) is 9.97 Å². The number of nitriles is 1. The zero-order chi connectivity index (χ0) is 13.7. The molecule has 2 aromatic heterocycles. The summed E-state index contributed by atoms with van der Waals surface area (Å²) in [5, 5.41) is 12.1. The van der Waals surface area contributed by atoms with E-state index in [4.69, 9.17) is 15.7 Å². The average molecular weight is 255 g/mol. The van der Waals surface area contributed by atoms with Crippen molar-refractivity contribution < 1.29 is 4.74 Å². The van der Waals surface area contributed by atoms with E-state index in [0.717, 1.165) is 5.56 Å². The summed E-state index contributed by atoms with van der Waals surface area (Å²) >= 11 is 0. The minimum absolute atomic E-state index is 0.418. The lowest BCUT2D eigenvalue weighted by molar-refractivity contribution is 0.397. The maximum absolute atomic E-state index is 8.99. The van der Waals surface area contributed by atoms with E-state index < -0.39 is 0 Å². The summed E-state index contributed by atoms with van der Waals surface area (Å²) < 4.78 is 4.98. The summed E-state index contributed by atoms with van der Waals surface area (Å²) in [5.74, 6) is 1.07. The van der Waals surface area contributed by atoms with Crippen LogP contribution in [0, 0.1) is 11.3 Å². The van der Waals surface area contributed by atoms with E-state index in [2.05, 4.69) is 21.4 Å². The van der Waals surface area contributed by atoms with Crippen LogP contribution in [0.15, 0.2) is 30.6 Å². The van der Waals surface area contributed by atoms with Crippen molar-refractivity contribution in [2.45, 2.75) is 6.54 Å². The highest BCUT2D eigenvalue weighted by molar-refractivity contribution is 5.57. The number of anilines is 2. The van der Waals surface area contributed by atoms with Crippen molar-refractivity contribution in [3.05, 3.63) is 41.7 Å². The Morgan fingerprint density at radius 1 is 1.37 bits per heavy atom. The molecule has 0 radical (unpaired) electrons. The molecule has 0 unspecified atom stereocenters. The first kappa shape index (κ1) is 12.6. The molecule has 0 bridgehead atoms. The summed E-state index contributed by atoms with van der Waals surface area (Å²) in [7, 11) is 1.57. The van der Waals surface area contributed by atoms with Crippen LogP contribution >= 0.6 is 0 Å². The fraction of sp³-hybridized carbons (Fsp3) is 0.154. The average Bonchev–Trinajstić information content (AvgIpc) is 2.46. The van der Waals surface area contributed by atoms with Crippen molar-refractivity contribution >= 4 is 11.5 Å². The lowest BCUT2D eigenvalue weighted by Crippen LogP contribution is -2.04.